The average Bonchev–Trinajstić information content (AvgIpc) is 3.17. The Bertz CT molecular complexity index is 926. The molecule has 0 bridgehead atoms. The number of carbonyl (C=O) groups is 1. The van der Waals surface area contributed by atoms with Crippen LogP contribution in [0.2, 0.25) is 0 Å². The standard InChI is InChI=1S/C22H22F2N2OS/c1-14-5-7-16(8-6-14)22(20-4-3-11-28-20)25-13-21(27)26-15(2)18-10-9-17(23)12-19(18)24/h3-12,15,22,25H,13H2,1-2H3,(H,26,27)/t15-,22+/m0/s1. The fourth-order valence-electron chi connectivity index (χ4n) is 3.01. The summed E-state index contributed by atoms with van der Waals surface area (Å²) < 4.78 is 27.0. The Kier molecular flexibility index (Phi) is 6.54. The Morgan fingerprint density at radius 2 is 1.86 bits per heavy atom. The van der Waals surface area contributed by atoms with E-state index in [0.29, 0.717) is 0 Å². The van der Waals surface area contributed by atoms with Crippen molar-refractivity contribution in [3.63, 3.8) is 0 Å². The Morgan fingerprint density at radius 1 is 1.11 bits per heavy atom. The fourth-order valence-corrected chi connectivity index (χ4v) is 3.84. The van der Waals surface area contributed by atoms with Gasteiger partial charge in [0.2, 0.25) is 5.91 Å². The Hall–Kier alpha value is -2.57. The molecule has 2 aromatic carbocycles. The van der Waals surface area contributed by atoms with Gasteiger partial charge in [-0.2, -0.15) is 0 Å². The molecule has 0 unspecified atom stereocenters. The molecule has 0 spiro atoms. The van der Waals surface area contributed by atoms with Gasteiger partial charge in [-0.15, -0.1) is 11.3 Å². The minimum atomic E-state index is -0.670. The Morgan fingerprint density at radius 3 is 2.50 bits per heavy atom. The molecule has 0 fully saturated rings. The lowest BCUT2D eigenvalue weighted by atomic mass is 10.0. The van der Waals surface area contributed by atoms with Crippen LogP contribution in [-0.4, -0.2) is 12.5 Å². The van der Waals surface area contributed by atoms with Crippen molar-refractivity contribution < 1.29 is 13.6 Å². The van der Waals surface area contributed by atoms with Crippen molar-refractivity contribution in [3.8, 4) is 0 Å². The summed E-state index contributed by atoms with van der Waals surface area (Å²) in [4.78, 5) is 13.5. The lowest BCUT2D eigenvalue weighted by molar-refractivity contribution is -0.121. The first kappa shape index (κ1) is 20.2. The molecule has 3 nitrogen and oxygen atoms in total. The van der Waals surface area contributed by atoms with E-state index in [9.17, 15) is 13.6 Å². The van der Waals surface area contributed by atoms with Crippen molar-refractivity contribution >= 4 is 17.2 Å². The minimum Gasteiger partial charge on any atom is -0.348 e. The summed E-state index contributed by atoms with van der Waals surface area (Å²) in [6.45, 7) is 3.77. The number of halogens is 2. The monoisotopic (exact) mass is 400 g/mol. The Labute approximate surface area is 167 Å². The summed E-state index contributed by atoms with van der Waals surface area (Å²) in [6.07, 6.45) is 0. The third-order valence-corrected chi connectivity index (χ3v) is 5.45. The lowest BCUT2D eigenvalue weighted by Gasteiger charge is -2.20. The molecule has 3 rings (SSSR count). The molecule has 146 valence electrons. The van der Waals surface area contributed by atoms with Crippen LogP contribution < -0.4 is 10.6 Å². The maximum Gasteiger partial charge on any atom is 0.234 e. The second-order valence-corrected chi connectivity index (χ2v) is 7.67. The predicted molar refractivity (Wildman–Crippen MR) is 108 cm³/mol. The van der Waals surface area contributed by atoms with E-state index in [1.54, 1.807) is 18.3 Å². The number of thiophene rings is 1. The van der Waals surface area contributed by atoms with Gasteiger partial charge in [-0.3, -0.25) is 10.1 Å². The summed E-state index contributed by atoms with van der Waals surface area (Å²) in [6, 6.07) is 14.8. The zero-order chi connectivity index (χ0) is 20.1. The lowest BCUT2D eigenvalue weighted by Crippen LogP contribution is -2.37. The molecule has 0 aliphatic carbocycles. The summed E-state index contributed by atoms with van der Waals surface area (Å²) in [5.41, 5.74) is 2.49. The van der Waals surface area contributed by atoms with Crippen LogP contribution in [0.3, 0.4) is 0 Å². The molecule has 0 aliphatic heterocycles. The molecule has 0 saturated carbocycles. The Balaban J connectivity index is 1.66. The minimum absolute atomic E-state index is 0.0730. The van der Waals surface area contributed by atoms with Gasteiger partial charge in [0, 0.05) is 16.5 Å². The number of rotatable bonds is 7. The average molecular weight is 400 g/mol. The van der Waals surface area contributed by atoms with E-state index in [4.69, 9.17) is 0 Å². The highest BCUT2D eigenvalue weighted by atomic mass is 32.1. The van der Waals surface area contributed by atoms with E-state index < -0.39 is 17.7 Å². The number of amides is 1. The summed E-state index contributed by atoms with van der Waals surface area (Å²) in [5, 5.41) is 8.04. The molecule has 0 aliphatic rings. The van der Waals surface area contributed by atoms with Gasteiger partial charge < -0.3 is 5.32 Å². The normalized spacial score (nSPS) is 13.1. The fraction of sp³-hybridized carbons (Fsp3) is 0.227. The van der Waals surface area contributed by atoms with Gasteiger partial charge >= 0.3 is 0 Å². The second kappa shape index (κ2) is 9.08. The molecular formula is C22H22F2N2OS. The highest BCUT2D eigenvalue weighted by Gasteiger charge is 2.18. The van der Waals surface area contributed by atoms with Gasteiger partial charge in [-0.25, -0.2) is 8.78 Å². The van der Waals surface area contributed by atoms with Crippen LogP contribution in [0.5, 0.6) is 0 Å². The summed E-state index contributed by atoms with van der Waals surface area (Å²) >= 11 is 1.62. The van der Waals surface area contributed by atoms with E-state index in [1.807, 2.05) is 48.7 Å². The van der Waals surface area contributed by atoms with Crippen molar-refractivity contribution in [1.29, 1.82) is 0 Å². The topological polar surface area (TPSA) is 41.1 Å². The molecule has 0 radical (unpaired) electrons. The van der Waals surface area contributed by atoms with Crippen molar-refractivity contribution in [2.24, 2.45) is 0 Å². The van der Waals surface area contributed by atoms with Crippen LogP contribution in [0.15, 0.2) is 60.0 Å². The van der Waals surface area contributed by atoms with Gasteiger partial charge in [-0.05, 0) is 36.9 Å². The van der Waals surface area contributed by atoms with E-state index in [0.717, 1.165) is 16.5 Å². The van der Waals surface area contributed by atoms with Crippen LogP contribution in [0.4, 0.5) is 8.78 Å². The number of hydrogen-bond acceptors (Lipinski definition) is 3. The summed E-state index contributed by atoms with van der Waals surface area (Å²) in [7, 11) is 0. The van der Waals surface area contributed by atoms with Crippen LogP contribution in [0.25, 0.3) is 0 Å². The van der Waals surface area contributed by atoms with Crippen LogP contribution in [-0.2, 0) is 4.79 Å². The number of hydrogen-bond donors (Lipinski definition) is 2. The smallest absolute Gasteiger partial charge is 0.234 e. The number of nitrogens with one attached hydrogen (secondary N) is 2. The van der Waals surface area contributed by atoms with Gasteiger partial charge in [0.25, 0.3) is 0 Å². The van der Waals surface area contributed by atoms with E-state index in [-0.39, 0.29) is 24.1 Å². The van der Waals surface area contributed by atoms with Gasteiger partial charge in [-0.1, -0.05) is 42.0 Å². The van der Waals surface area contributed by atoms with Gasteiger partial charge in [0.1, 0.15) is 11.6 Å². The second-order valence-electron chi connectivity index (χ2n) is 6.70. The molecule has 6 heteroatoms. The molecule has 1 heterocycles. The van der Waals surface area contributed by atoms with Crippen LogP contribution in [0.1, 0.15) is 40.6 Å². The first-order valence-electron chi connectivity index (χ1n) is 9.01. The molecule has 28 heavy (non-hydrogen) atoms. The molecular weight excluding hydrogens is 378 g/mol. The molecule has 2 N–H and O–H groups in total. The predicted octanol–water partition coefficient (Wildman–Crippen LogP) is 4.89. The first-order chi connectivity index (χ1) is 13.4. The van der Waals surface area contributed by atoms with E-state index >= 15 is 0 Å². The SMILES string of the molecule is Cc1ccc([C@@H](NCC(=O)N[C@@H](C)c2ccc(F)cc2F)c2cccs2)cc1. The van der Waals surface area contributed by atoms with Crippen molar-refractivity contribution in [2.75, 3.05) is 6.54 Å². The number of carbonyl (C=O) groups excluding carboxylic acids is 1. The van der Waals surface area contributed by atoms with Crippen LogP contribution in [0, 0.1) is 18.6 Å². The first-order valence-corrected chi connectivity index (χ1v) is 9.89. The molecule has 1 aromatic heterocycles. The third-order valence-electron chi connectivity index (χ3n) is 4.51. The van der Waals surface area contributed by atoms with E-state index in [2.05, 4.69) is 10.6 Å². The van der Waals surface area contributed by atoms with Gasteiger partial charge in [0.15, 0.2) is 0 Å². The summed E-state index contributed by atoms with van der Waals surface area (Å²) in [5.74, 6) is -1.57. The highest BCUT2D eigenvalue weighted by Crippen LogP contribution is 2.26. The quantitative estimate of drug-likeness (QED) is 0.593. The maximum absolute atomic E-state index is 13.9. The molecule has 1 amide bonds. The largest absolute Gasteiger partial charge is 0.348 e. The molecule has 2 atom stereocenters. The zero-order valence-electron chi connectivity index (χ0n) is 15.7. The van der Waals surface area contributed by atoms with E-state index in [1.165, 1.54) is 17.7 Å². The zero-order valence-corrected chi connectivity index (χ0v) is 16.5. The molecule has 0 saturated heterocycles. The molecule has 3 aromatic rings. The highest BCUT2D eigenvalue weighted by molar-refractivity contribution is 7.10. The maximum atomic E-state index is 13.9. The van der Waals surface area contributed by atoms with Gasteiger partial charge in [0.05, 0.1) is 18.6 Å². The number of aryl methyl sites for hydroxylation is 1. The third kappa shape index (κ3) is 5.03. The van der Waals surface area contributed by atoms with Crippen molar-refractivity contribution in [1.82, 2.24) is 10.6 Å². The van der Waals surface area contributed by atoms with Crippen molar-refractivity contribution in [2.45, 2.75) is 25.9 Å². The van der Waals surface area contributed by atoms with Crippen molar-refractivity contribution in [3.05, 3.63) is 93.2 Å². The van der Waals surface area contributed by atoms with Crippen LogP contribution >= 0.6 is 11.3 Å². The number of benzene rings is 2.